The average molecular weight is 395 g/mol. The summed E-state index contributed by atoms with van der Waals surface area (Å²) in [7, 11) is 0. The van der Waals surface area contributed by atoms with E-state index < -0.39 is 0 Å². The maximum atomic E-state index is 12.6. The van der Waals surface area contributed by atoms with E-state index in [9.17, 15) is 4.79 Å². The Bertz CT molecular complexity index is 596. The van der Waals surface area contributed by atoms with Crippen molar-refractivity contribution in [3.05, 3.63) is 45.6 Å². The maximum Gasteiger partial charge on any atom is 0.337 e. The SMILES string of the molecule is CCCN1NC(C(C)C)=C(C(=O)OCC)C1Cc1ccc(Br)cc1. The van der Waals surface area contributed by atoms with Crippen LogP contribution in [-0.2, 0) is 16.0 Å². The number of nitrogens with one attached hydrogen (secondary N) is 1. The Kier molecular flexibility index (Phi) is 6.87. The normalized spacial score (nSPS) is 18.2. The highest BCUT2D eigenvalue weighted by Crippen LogP contribution is 2.29. The predicted octanol–water partition coefficient (Wildman–Crippen LogP) is 4.06. The molecule has 0 saturated carbocycles. The van der Waals surface area contributed by atoms with Gasteiger partial charge in [0.15, 0.2) is 0 Å². The molecular weight excluding hydrogens is 368 g/mol. The van der Waals surface area contributed by atoms with Gasteiger partial charge in [-0.2, -0.15) is 0 Å². The predicted molar refractivity (Wildman–Crippen MR) is 100 cm³/mol. The Morgan fingerprint density at radius 3 is 2.50 bits per heavy atom. The molecule has 0 bridgehead atoms. The Labute approximate surface area is 153 Å². The first-order chi connectivity index (χ1) is 11.5. The van der Waals surface area contributed by atoms with Gasteiger partial charge >= 0.3 is 5.97 Å². The van der Waals surface area contributed by atoms with Crippen LogP contribution in [0.3, 0.4) is 0 Å². The molecule has 1 aliphatic rings. The number of hydrogen-bond acceptors (Lipinski definition) is 4. The fraction of sp³-hybridized carbons (Fsp3) is 0.526. The maximum absolute atomic E-state index is 12.6. The van der Waals surface area contributed by atoms with Crippen LogP contribution in [0.2, 0.25) is 0 Å². The molecule has 0 aliphatic carbocycles. The van der Waals surface area contributed by atoms with E-state index in [2.05, 4.69) is 59.3 Å². The van der Waals surface area contributed by atoms with Crippen molar-refractivity contribution in [2.75, 3.05) is 13.2 Å². The van der Waals surface area contributed by atoms with Crippen molar-refractivity contribution in [1.29, 1.82) is 0 Å². The minimum atomic E-state index is -0.200. The molecule has 24 heavy (non-hydrogen) atoms. The smallest absolute Gasteiger partial charge is 0.337 e. The van der Waals surface area contributed by atoms with E-state index in [0.29, 0.717) is 6.61 Å². The minimum absolute atomic E-state index is 0.00238. The monoisotopic (exact) mass is 394 g/mol. The third-order valence-corrected chi connectivity index (χ3v) is 4.67. The zero-order valence-electron chi connectivity index (χ0n) is 14.9. The van der Waals surface area contributed by atoms with Crippen molar-refractivity contribution in [3.63, 3.8) is 0 Å². The molecule has 0 saturated heterocycles. The number of rotatable bonds is 7. The second-order valence-corrected chi connectivity index (χ2v) is 7.27. The van der Waals surface area contributed by atoms with Crippen LogP contribution in [0.5, 0.6) is 0 Å². The number of ether oxygens (including phenoxy) is 1. The molecule has 1 aromatic rings. The lowest BCUT2D eigenvalue weighted by Crippen LogP contribution is -2.42. The molecule has 132 valence electrons. The molecule has 1 atom stereocenters. The summed E-state index contributed by atoms with van der Waals surface area (Å²) >= 11 is 3.47. The number of benzene rings is 1. The number of carbonyl (C=O) groups excluding carboxylic acids is 1. The number of hydrogen-bond donors (Lipinski definition) is 1. The van der Waals surface area contributed by atoms with Crippen LogP contribution < -0.4 is 5.43 Å². The summed E-state index contributed by atoms with van der Waals surface area (Å²) in [5, 5.41) is 2.18. The largest absolute Gasteiger partial charge is 0.463 e. The summed E-state index contributed by atoms with van der Waals surface area (Å²) in [6.45, 7) is 9.49. The fourth-order valence-corrected chi connectivity index (χ4v) is 3.30. The summed E-state index contributed by atoms with van der Waals surface area (Å²) in [4.78, 5) is 12.6. The zero-order valence-corrected chi connectivity index (χ0v) is 16.5. The van der Waals surface area contributed by atoms with Gasteiger partial charge in [-0.3, -0.25) is 0 Å². The number of hydrazine groups is 1. The summed E-state index contributed by atoms with van der Waals surface area (Å²) in [5.74, 6) is 0.0492. The van der Waals surface area contributed by atoms with E-state index in [4.69, 9.17) is 4.74 Å². The van der Waals surface area contributed by atoms with Crippen LogP contribution in [0.4, 0.5) is 0 Å². The molecular formula is C19H27BrN2O2. The van der Waals surface area contributed by atoms with Crippen LogP contribution in [0, 0.1) is 5.92 Å². The van der Waals surface area contributed by atoms with E-state index in [1.54, 1.807) is 0 Å². The van der Waals surface area contributed by atoms with Crippen molar-refractivity contribution in [1.82, 2.24) is 10.4 Å². The molecule has 4 nitrogen and oxygen atoms in total. The number of carbonyl (C=O) groups is 1. The lowest BCUT2D eigenvalue weighted by molar-refractivity contribution is -0.139. The molecule has 0 radical (unpaired) electrons. The molecule has 1 aromatic carbocycles. The van der Waals surface area contributed by atoms with Gasteiger partial charge < -0.3 is 10.2 Å². The van der Waals surface area contributed by atoms with Crippen molar-refractivity contribution in [3.8, 4) is 0 Å². The van der Waals surface area contributed by atoms with Crippen LogP contribution in [0.15, 0.2) is 40.0 Å². The average Bonchev–Trinajstić information content (AvgIpc) is 2.89. The van der Waals surface area contributed by atoms with Gasteiger partial charge in [0.25, 0.3) is 0 Å². The van der Waals surface area contributed by atoms with E-state index in [0.717, 1.165) is 35.1 Å². The summed E-state index contributed by atoms with van der Waals surface area (Å²) in [5.41, 5.74) is 6.44. The molecule has 0 aromatic heterocycles. The lowest BCUT2D eigenvalue weighted by atomic mass is 9.95. The summed E-state index contributed by atoms with van der Waals surface area (Å²) in [6, 6.07) is 8.29. The number of halogens is 1. The molecule has 0 spiro atoms. The Balaban J connectivity index is 2.35. The Morgan fingerprint density at radius 2 is 1.96 bits per heavy atom. The van der Waals surface area contributed by atoms with E-state index in [1.165, 1.54) is 5.56 Å². The van der Waals surface area contributed by atoms with Gasteiger partial charge in [-0.05, 0) is 43.4 Å². The molecule has 2 rings (SSSR count). The van der Waals surface area contributed by atoms with Gasteiger partial charge in [-0.25, -0.2) is 9.80 Å². The second-order valence-electron chi connectivity index (χ2n) is 6.35. The van der Waals surface area contributed by atoms with Gasteiger partial charge in [-0.1, -0.05) is 48.8 Å². The molecule has 1 aliphatic heterocycles. The van der Waals surface area contributed by atoms with Gasteiger partial charge in [-0.15, -0.1) is 0 Å². The van der Waals surface area contributed by atoms with E-state index >= 15 is 0 Å². The Hall–Kier alpha value is -1.33. The standard InChI is InChI=1S/C19H27BrN2O2/c1-5-11-22-16(12-14-7-9-15(20)10-8-14)17(19(23)24-6-2)18(21-22)13(3)4/h7-10,13,16,21H,5-6,11-12H2,1-4H3. The third-order valence-electron chi connectivity index (χ3n) is 4.14. The fourth-order valence-electron chi connectivity index (χ4n) is 3.03. The number of nitrogens with zero attached hydrogens (tertiary/aromatic N) is 1. The van der Waals surface area contributed by atoms with Gasteiger partial charge in [0.2, 0.25) is 0 Å². The molecule has 5 heteroatoms. The van der Waals surface area contributed by atoms with Crippen molar-refractivity contribution >= 4 is 21.9 Å². The molecule has 1 unspecified atom stereocenters. The summed E-state index contributed by atoms with van der Waals surface area (Å²) in [6.07, 6.45) is 1.80. The third kappa shape index (κ3) is 4.39. The molecule has 1 heterocycles. The van der Waals surface area contributed by atoms with Gasteiger partial charge in [0.05, 0.1) is 18.2 Å². The highest BCUT2D eigenvalue weighted by molar-refractivity contribution is 9.10. The van der Waals surface area contributed by atoms with Gasteiger partial charge in [0.1, 0.15) is 0 Å². The number of allylic oxidation sites excluding steroid dienone is 1. The van der Waals surface area contributed by atoms with Crippen LogP contribution in [-0.4, -0.2) is 30.2 Å². The highest BCUT2D eigenvalue weighted by Gasteiger charge is 2.37. The molecule has 0 amide bonds. The van der Waals surface area contributed by atoms with Crippen molar-refractivity contribution < 1.29 is 9.53 Å². The first-order valence-corrected chi connectivity index (χ1v) is 9.46. The van der Waals surface area contributed by atoms with E-state index in [-0.39, 0.29) is 17.9 Å². The topological polar surface area (TPSA) is 41.6 Å². The first-order valence-electron chi connectivity index (χ1n) is 8.66. The first kappa shape index (κ1) is 19.0. The lowest BCUT2D eigenvalue weighted by Gasteiger charge is -2.26. The Morgan fingerprint density at radius 1 is 1.29 bits per heavy atom. The van der Waals surface area contributed by atoms with Crippen LogP contribution >= 0.6 is 15.9 Å². The zero-order chi connectivity index (χ0) is 17.7. The van der Waals surface area contributed by atoms with Crippen LogP contribution in [0.1, 0.15) is 39.7 Å². The number of esters is 1. The highest BCUT2D eigenvalue weighted by atomic mass is 79.9. The second kappa shape index (κ2) is 8.67. The van der Waals surface area contributed by atoms with Gasteiger partial charge in [0, 0.05) is 16.7 Å². The minimum Gasteiger partial charge on any atom is -0.463 e. The summed E-state index contributed by atoms with van der Waals surface area (Å²) < 4.78 is 6.41. The van der Waals surface area contributed by atoms with Crippen LogP contribution in [0.25, 0.3) is 0 Å². The molecule has 1 N–H and O–H groups in total. The quantitative estimate of drug-likeness (QED) is 0.707. The van der Waals surface area contributed by atoms with E-state index in [1.807, 2.05) is 19.1 Å². The van der Waals surface area contributed by atoms with Crippen molar-refractivity contribution in [2.45, 2.75) is 46.6 Å². The van der Waals surface area contributed by atoms with Crippen molar-refractivity contribution in [2.24, 2.45) is 5.92 Å². The molecule has 0 fully saturated rings.